The Morgan fingerprint density at radius 1 is 1.30 bits per heavy atom. The van der Waals surface area contributed by atoms with Gasteiger partial charge in [0.25, 0.3) is 0 Å². The molecule has 2 heterocycles. The summed E-state index contributed by atoms with van der Waals surface area (Å²) in [5.41, 5.74) is 1.84. The van der Waals surface area contributed by atoms with Gasteiger partial charge in [0.05, 0.1) is 11.6 Å². The van der Waals surface area contributed by atoms with Gasteiger partial charge in [0.2, 0.25) is 5.95 Å². The normalized spacial score (nSPS) is 15.7. The predicted octanol–water partition coefficient (Wildman–Crippen LogP) is 2.89. The van der Waals surface area contributed by atoms with Crippen LogP contribution in [0.2, 0.25) is 0 Å². The number of aliphatic carboxylic acids is 1. The first kappa shape index (κ1) is 15.4. The fraction of sp³-hybridized carbons (Fsp3) is 0.353. The Balaban J connectivity index is 1.87. The van der Waals surface area contributed by atoms with Crippen LogP contribution in [0.25, 0.3) is 11.3 Å². The number of benzene rings is 1. The van der Waals surface area contributed by atoms with Crippen molar-refractivity contribution in [2.45, 2.75) is 19.8 Å². The quantitative estimate of drug-likeness (QED) is 0.943. The third-order valence-corrected chi connectivity index (χ3v) is 4.22. The summed E-state index contributed by atoms with van der Waals surface area (Å²) in [6.45, 7) is 3.04. The zero-order chi connectivity index (χ0) is 16.4. The van der Waals surface area contributed by atoms with Gasteiger partial charge in [-0.05, 0) is 37.5 Å². The molecule has 1 aromatic carbocycles. The SMILES string of the molecule is Cc1cnc(N2CCC(C(=O)O)CC2)nc1-c1ccccc1F. The Morgan fingerprint density at radius 2 is 2.00 bits per heavy atom. The van der Waals surface area contributed by atoms with Crippen molar-refractivity contribution < 1.29 is 14.3 Å². The van der Waals surface area contributed by atoms with Crippen LogP contribution in [0, 0.1) is 18.7 Å². The molecule has 0 aliphatic carbocycles. The summed E-state index contributed by atoms with van der Waals surface area (Å²) in [6, 6.07) is 6.53. The number of aromatic nitrogens is 2. The van der Waals surface area contributed by atoms with Gasteiger partial charge in [-0.25, -0.2) is 14.4 Å². The van der Waals surface area contributed by atoms with E-state index in [-0.39, 0.29) is 11.7 Å². The number of piperidine rings is 1. The van der Waals surface area contributed by atoms with Crippen LogP contribution in [0.1, 0.15) is 18.4 Å². The molecule has 0 spiro atoms. The first-order valence-electron chi connectivity index (χ1n) is 7.62. The van der Waals surface area contributed by atoms with Gasteiger partial charge in [0.1, 0.15) is 5.82 Å². The molecule has 1 aromatic heterocycles. The van der Waals surface area contributed by atoms with Crippen molar-refractivity contribution in [3.05, 3.63) is 41.8 Å². The predicted molar refractivity (Wildman–Crippen MR) is 84.7 cm³/mol. The van der Waals surface area contributed by atoms with Crippen LogP contribution in [0.15, 0.2) is 30.5 Å². The second kappa shape index (κ2) is 6.32. The standard InChI is InChI=1S/C17H18FN3O2/c1-11-10-19-17(21-8-6-12(7-9-21)16(22)23)20-15(11)13-4-2-3-5-14(13)18/h2-5,10,12H,6-9H2,1H3,(H,22,23). The van der Waals surface area contributed by atoms with Crippen molar-refractivity contribution in [2.24, 2.45) is 5.92 Å². The summed E-state index contributed by atoms with van der Waals surface area (Å²) in [6.07, 6.45) is 2.83. The summed E-state index contributed by atoms with van der Waals surface area (Å²) in [5, 5.41) is 9.06. The van der Waals surface area contributed by atoms with E-state index in [9.17, 15) is 9.18 Å². The molecule has 120 valence electrons. The molecular weight excluding hydrogens is 297 g/mol. The monoisotopic (exact) mass is 315 g/mol. The van der Waals surface area contributed by atoms with Gasteiger partial charge < -0.3 is 10.0 Å². The molecular formula is C17H18FN3O2. The van der Waals surface area contributed by atoms with Gasteiger partial charge in [0.15, 0.2) is 0 Å². The molecule has 0 atom stereocenters. The molecule has 1 aliphatic heterocycles. The molecule has 0 unspecified atom stereocenters. The molecule has 0 amide bonds. The number of halogens is 1. The number of hydrogen-bond donors (Lipinski definition) is 1. The molecule has 6 heteroatoms. The maximum absolute atomic E-state index is 14.0. The number of anilines is 1. The van der Waals surface area contributed by atoms with E-state index in [4.69, 9.17) is 5.11 Å². The number of hydrogen-bond acceptors (Lipinski definition) is 4. The molecule has 1 aliphatic rings. The summed E-state index contributed by atoms with van der Waals surface area (Å²) in [7, 11) is 0. The van der Waals surface area contributed by atoms with Gasteiger partial charge in [0, 0.05) is 24.8 Å². The molecule has 1 fully saturated rings. The van der Waals surface area contributed by atoms with Gasteiger partial charge in [-0.1, -0.05) is 12.1 Å². The second-order valence-electron chi connectivity index (χ2n) is 5.78. The van der Waals surface area contributed by atoms with Crippen molar-refractivity contribution in [1.82, 2.24) is 9.97 Å². The smallest absolute Gasteiger partial charge is 0.306 e. The van der Waals surface area contributed by atoms with Crippen molar-refractivity contribution in [2.75, 3.05) is 18.0 Å². The molecule has 0 bridgehead atoms. The van der Waals surface area contributed by atoms with Crippen molar-refractivity contribution in [1.29, 1.82) is 0 Å². The van der Waals surface area contributed by atoms with E-state index < -0.39 is 5.97 Å². The summed E-state index contributed by atoms with van der Waals surface area (Å²) in [4.78, 5) is 21.8. The number of nitrogens with zero attached hydrogens (tertiary/aromatic N) is 3. The summed E-state index contributed by atoms with van der Waals surface area (Å²) in [5.74, 6) is -0.841. The van der Waals surface area contributed by atoms with E-state index in [1.807, 2.05) is 11.8 Å². The van der Waals surface area contributed by atoms with Gasteiger partial charge >= 0.3 is 5.97 Å². The maximum atomic E-state index is 14.0. The first-order valence-corrected chi connectivity index (χ1v) is 7.62. The highest BCUT2D eigenvalue weighted by molar-refractivity contribution is 5.70. The van der Waals surface area contributed by atoms with Crippen molar-refractivity contribution >= 4 is 11.9 Å². The fourth-order valence-electron chi connectivity index (χ4n) is 2.84. The zero-order valence-electron chi connectivity index (χ0n) is 12.9. The summed E-state index contributed by atoms with van der Waals surface area (Å²) >= 11 is 0. The third kappa shape index (κ3) is 3.16. The Labute approximate surface area is 133 Å². The minimum atomic E-state index is -0.749. The van der Waals surface area contributed by atoms with E-state index in [1.54, 1.807) is 24.4 Å². The average Bonchev–Trinajstić information content (AvgIpc) is 2.56. The third-order valence-electron chi connectivity index (χ3n) is 4.22. The van der Waals surface area contributed by atoms with E-state index >= 15 is 0 Å². The van der Waals surface area contributed by atoms with Crippen LogP contribution in [0.4, 0.5) is 10.3 Å². The second-order valence-corrected chi connectivity index (χ2v) is 5.78. The molecule has 5 nitrogen and oxygen atoms in total. The van der Waals surface area contributed by atoms with Gasteiger partial charge in [-0.3, -0.25) is 4.79 Å². The lowest BCUT2D eigenvalue weighted by Crippen LogP contribution is -2.37. The lowest BCUT2D eigenvalue weighted by Gasteiger charge is -2.30. The van der Waals surface area contributed by atoms with Crippen molar-refractivity contribution in [3.8, 4) is 11.3 Å². The van der Waals surface area contributed by atoms with E-state index in [0.29, 0.717) is 43.1 Å². The number of carboxylic acid groups (broad SMARTS) is 1. The Morgan fingerprint density at radius 3 is 2.65 bits per heavy atom. The highest BCUT2D eigenvalue weighted by Crippen LogP contribution is 2.27. The Kier molecular flexibility index (Phi) is 4.23. The van der Waals surface area contributed by atoms with Crippen LogP contribution in [0.3, 0.4) is 0 Å². The lowest BCUT2D eigenvalue weighted by atomic mass is 9.97. The Bertz CT molecular complexity index is 728. The first-order chi connectivity index (χ1) is 11.1. The molecule has 23 heavy (non-hydrogen) atoms. The minimum Gasteiger partial charge on any atom is -0.481 e. The molecule has 0 saturated carbocycles. The van der Waals surface area contributed by atoms with Gasteiger partial charge in [-0.2, -0.15) is 0 Å². The largest absolute Gasteiger partial charge is 0.481 e. The zero-order valence-corrected chi connectivity index (χ0v) is 12.9. The van der Waals surface area contributed by atoms with Crippen LogP contribution >= 0.6 is 0 Å². The van der Waals surface area contributed by atoms with Crippen LogP contribution in [-0.2, 0) is 4.79 Å². The Hall–Kier alpha value is -2.50. The fourth-order valence-corrected chi connectivity index (χ4v) is 2.84. The highest BCUT2D eigenvalue weighted by Gasteiger charge is 2.26. The van der Waals surface area contributed by atoms with Crippen molar-refractivity contribution in [3.63, 3.8) is 0 Å². The minimum absolute atomic E-state index is 0.303. The molecule has 1 saturated heterocycles. The molecule has 3 rings (SSSR count). The van der Waals surface area contributed by atoms with E-state index in [2.05, 4.69) is 9.97 Å². The number of aryl methyl sites for hydroxylation is 1. The lowest BCUT2D eigenvalue weighted by molar-refractivity contribution is -0.142. The van der Waals surface area contributed by atoms with Crippen LogP contribution < -0.4 is 4.90 Å². The van der Waals surface area contributed by atoms with Crippen LogP contribution in [-0.4, -0.2) is 34.1 Å². The topological polar surface area (TPSA) is 66.3 Å². The molecule has 1 N–H and O–H groups in total. The van der Waals surface area contributed by atoms with Crippen LogP contribution in [0.5, 0.6) is 0 Å². The number of carboxylic acids is 1. The molecule has 0 radical (unpaired) electrons. The number of rotatable bonds is 3. The molecule has 2 aromatic rings. The van der Waals surface area contributed by atoms with Gasteiger partial charge in [-0.15, -0.1) is 0 Å². The number of carbonyl (C=O) groups is 1. The maximum Gasteiger partial charge on any atom is 0.306 e. The van der Waals surface area contributed by atoms with E-state index in [0.717, 1.165) is 5.56 Å². The average molecular weight is 315 g/mol. The van der Waals surface area contributed by atoms with E-state index in [1.165, 1.54) is 6.07 Å². The summed E-state index contributed by atoms with van der Waals surface area (Å²) < 4.78 is 14.0. The highest BCUT2D eigenvalue weighted by atomic mass is 19.1.